The van der Waals surface area contributed by atoms with Crippen LogP contribution >= 0.6 is 0 Å². The van der Waals surface area contributed by atoms with Crippen LogP contribution in [-0.2, 0) is 9.53 Å². The number of carbonyl (C=O) groups excluding carboxylic acids is 1. The maximum atomic E-state index is 11.5. The van der Waals surface area contributed by atoms with Crippen molar-refractivity contribution in [3.8, 4) is 6.07 Å². The van der Waals surface area contributed by atoms with Crippen molar-refractivity contribution in [1.82, 2.24) is 5.32 Å². The Bertz CT molecular complexity index is 451. The predicted octanol–water partition coefficient (Wildman–Crippen LogP) is 2.16. The smallest absolute Gasteiger partial charge is 0.322 e. The van der Waals surface area contributed by atoms with E-state index in [0.29, 0.717) is 12.2 Å². The second kappa shape index (κ2) is 6.77. The second-order valence-corrected chi connectivity index (χ2v) is 4.10. The highest BCUT2D eigenvalue weighted by atomic mass is 16.5. The molecular weight excluding hydrogens is 228 g/mol. The molecule has 1 N–H and O–H groups in total. The molecule has 0 aromatic heterocycles. The zero-order valence-electron chi connectivity index (χ0n) is 10.9. The van der Waals surface area contributed by atoms with Crippen LogP contribution in [0.2, 0.25) is 0 Å². The van der Waals surface area contributed by atoms with E-state index in [4.69, 9.17) is 10.00 Å². The van der Waals surface area contributed by atoms with E-state index in [0.717, 1.165) is 5.56 Å². The SMILES string of the molecule is CCOC(=O)C(C)NC(C)c1cccc(C#N)c1. The summed E-state index contributed by atoms with van der Waals surface area (Å²) in [5, 5.41) is 12.0. The number of ether oxygens (including phenoxy) is 1. The summed E-state index contributed by atoms with van der Waals surface area (Å²) in [7, 11) is 0. The lowest BCUT2D eigenvalue weighted by atomic mass is 10.0. The summed E-state index contributed by atoms with van der Waals surface area (Å²) in [4.78, 5) is 11.5. The zero-order valence-corrected chi connectivity index (χ0v) is 10.9. The summed E-state index contributed by atoms with van der Waals surface area (Å²) in [5.41, 5.74) is 1.59. The van der Waals surface area contributed by atoms with Gasteiger partial charge in [-0.2, -0.15) is 5.26 Å². The Morgan fingerprint density at radius 1 is 1.50 bits per heavy atom. The second-order valence-electron chi connectivity index (χ2n) is 4.10. The molecule has 0 aliphatic heterocycles. The van der Waals surface area contributed by atoms with Crippen molar-refractivity contribution in [2.24, 2.45) is 0 Å². The minimum Gasteiger partial charge on any atom is -0.465 e. The topological polar surface area (TPSA) is 62.1 Å². The first kappa shape index (κ1) is 14.2. The van der Waals surface area contributed by atoms with Gasteiger partial charge >= 0.3 is 5.97 Å². The molecule has 2 unspecified atom stereocenters. The molecule has 0 aliphatic carbocycles. The van der Waals surface area contributed by atoms with Crippen LogP contribution in [0.15, 0.2) is 24.3 Å². The van der Waals surface area contributed by atoms with Gasteiger partial charge in [0.25, 0.3) is 0 Å². The molecule has 4 nitrogen and oxygen atoms in total. The van der Waals surface area contributed by atoms with Gasteiger partial charge in [-0.1, -0.05) is 12.1 Å². The maximum Gasteiger partial charge on any atom is 0.322 e. The Labute approximate surface area is 108 Å². The minimum atomic E-state index is -0.370. The van der Waals surface area contributed by atoms with Crippen LogP contribution in [-0.4, -0.2) is 18.6 Å². The van der Waals surface area contributed by atoms with Gasteiger partial charge in [-0.25, -0.2) is 0 Å². The molecule has 1 rings (SSSR count). The molecule has 0 saturated heterocycles. The number of hydrogen-bond acceptors (Lipinski definition) is 4. The number of carbonyl (C=O) groups is 1. The van der Waals surface area contributed by atoms with Crippen molar-refractivity contribution in [2.45, 2.75) is 32.9 Å². The van der Waals surface area contributed by atoms with Crippen molar-refractivity contribution in [3.63, 3.8) is 0 Å². The molecule has 0 amide bonds. The number of nitriles is 1. The van der Waals surface area contributed by atoms with Crippen molar-refractivity contribution < 1.29 is 9.53 Å². The fourth-order valence-electron chi connectivity index (χ4n) is 1.68. The summed E-state index contributed by atoms with van der Waals surface area (Å²) in [6.45, 7) is 5.88. The van der Waals surface area contributed by atoms with Gasteiger partial charge in [0.05, 0.1) is 18.2 Å². The van der Waals surface area contributed by atoms with E-state index in [1.807, 2.05) is 25.1 Å². The Morgan fingerprint density at radius 2 is 2.22 bits per heavy atom. The molecule has 96 valence electrons. The van der Waals surface area contributed by atoms with E-state index in [2.05, 4.69) is 11.4 Å². The minimum absolute atomic E-state index is 0.0160. The standard InChI is InChI=1S/C14H18N2O2/c1-4-18-14(17)11(3)16-10(2)13-7-5-6-12(8-13)9-15/h5-8,10-11,16H,4H2,1-3H3. The van der Waals surface area contributed by atoms with Crippen molar-refractivity contribution in [1.29, 1.82) is 5.26 Å². The summed E-state index contributed by atoms with van der Waals surface area (Å²) >= 11 is 0. The van der Waals surface area contributed by atoms with Gasteiger partial charge < -0.3 is 4.74 Å². The lowest BCUT2D eigenvalue weighted by Gasteiger charge is -2.19. The summed E-state index contributed by atoms with van der Waals surface area (Å²) in [6.07, 6.45) is 0. The Kier molecular flexibility index (Phi) is 5.34. The third-order valence-corrected chi connectivity index (χ3v) is 2.66. The molecule has 1 aromatic carbocycles. The average molecular weight is 246 g/mol. The van der Waals surface area contributed by atoms with Crippen LogP contribution in [0.1, 0.15) is 37.9 Å². The van der Waals surface area contributed by atoms with Gasteiger partial charge in [-0.3, -0.25) is 10.1 Å². The molecule has 4 heteroatoms. The lowest BCUT2D eigenvalue weighted by Crippen LogP contribution is -2.37. The molecule has 0 fully saturated rings. The average Bonchev–Trinajstić information content (AvgIpc) is 2.39. The monoisotopic (exact) mass is 246 g/mol. The lowest BCUT2D eigenvalue weighted by molar-refractivity contribution is -0.145. The highest BCUT2D eigenvalue weighted by Gasteiger charge is 2.17. The van der Waals surface area contributed by atoms with E-state index in [1.54, 1.807) is 19.9 Å². The number of nitrogens with one attached hydrogen (secondary N) is 1. The first-order valence-electron chi connectivity index (χ1n) is 6.01. The Balaban J connectivity index is 2.67. The van der Waals surface area contributed by atoms with Gasteiger partial charge in [0.2, 0.25) is 0 Å². The largest absolute Gasteiger partial charge is 0.465 e. The van der Waals surface area contributed by atoms with E-state index >= 15 is 0 Å². The van der Waals surface area contributed by atoms with Crippen molar-refractivity contribution in [3.05, 3.63) is 35.4 Å². The Morgan fingerprint density at radius 3 is 2.83 bits per heavy atom. The van der Waals surface area contributed by atoms with Crippen molar-refractivity contribution in [2.75, 3.05) is 6.61 Å². The van der Waals surface area contributed by atoms with Crippen LogP contribution < -0.4 is 5.32 Å². The van der Waals surface area contributed by atoms with Crippen LogP contribution in [0.4, 0.5) is 0 Å². The van der Waals surface area contributed by atoms with Crippen LogP contribution in [0.3, 0.4) is 0 Å². The molecule has 18 heavy (non-hydrogen) atoms. The molecule has 0 aliphatic rings. The number of benzene rings is 1. The quantitative estimate of drug-likeness (QED) is 0.809. The van der Waals surface area contributed by atoms with Crippen LogP contribution in [0, 0.1) is 11.3 Å². The predicted molar refractivity (Wildman–Crippen MR) is 68.8 cm³/mol. The molecule has 0 spiro atoms. The Hall–Kier alpha value is -1.86. The molecule has 0 saturated carbocycles. The zero-order chi connectivity index (χ0) is 13.5. The van der Waals surface area contributed by atoms with Gasteiger partial charge in [-0.15, -0.1) is 0 Å². The van der Waals surface area contributed by atoms with E-state index in [-0.39, 0.29) is 18.1 Å². The maximum absolute atomic E-state index is 11.5. The van der Waals surface area contributed by atoms with Gasteiger partial charge in [-0.05, 0) is 38.5 Å². The first-order chi connectivity index (χ1) is 8.58. The summed E-state index contributed by atoms with van der Waals surface area (Å²) in [6, 6.07) is 9.04. The highest BCUT2D eigenvalue weighted by Crippen LogP contribution is 2.14. The molecule has 0 heterocycles. The number of esters is 1. The number of rotatable bonds is 5. The first-order valence-corrected chi connectivity index (χ1v) is 6.01. The van der Waals surface area contributed by atoms with Crippen LogP contribution in [0.5, 0.6) is 0 Å². The number of nitrogens with zero attached hydrogens (tertiary/aromatic N) is 1. The highest BCUT2D eigenvalue weighted by molar-refractivity contribution is 5.75. The van der Waals surface area contributed by atoms with E-state index in [1.165, 1.54) is 0 Å². The van der Waals surface area contributed by atoms with E-state index in [9.17, 15) is 4.79 Å². The molecule has 0 bridgehead atoms. The van der Waals surface area contributed by atoms with Gasteiger partial charge in [0.1, 0.15) is 6.04 Å². The van der Waals surface area contributed by atoms with Gasteiger partial charge in [0.15, 0.2) is 0 Å². The third-order valence-electron chi connectivity index (χ3n) is 2.66. The molecular formula is C14H18N2O2. The summed E-state index contributed by atoms with van der Waals surface area (Å²) < 4.78 is 4.93. The summed E-state index contributed by atoms with van der Waals surface area (Å²) in [5.74, 6) is -0.263. The fraction of sp³-hybridized carbons (Fsp3) is 0.429. The third kappa shape index (κ3) is 3.86. The van der Waals surface area contributed by atoms with Gasteiger partial charge in [0, 0.05) is 6.04 Å². The molecule has 1 aromatic rings. The normalized spacial score (nSPS) is 13.4. The fourth-order valence-corrected chi connectivity index (χ4v) is 1.68. The van der Waals surface area contributed by atoms with E-state index < -0.39 is 0 Å². The van der Waals surface area contributed by atoms with Crippen LogP contribution in [0.25, 0.3) is 0 Å². The molecule has 0 radical (unpaired) electrons. The van der Waals surface area contributed by atoms with Crippen molar-refractivity contribution >= 4 is 5.97 Å². The molecule has 2 atom stereocenters. The number of hydrogen-bond donors (Lipinski definition) is 1.